The van der Waals surface area contributed by atoms with Crippen LogP contribution in [0.3, 0.4) is 0 Å². The Morgan fingerprint density at radius 3 is 2.43 bits per heavy atom. The molecule has 0 N–H and O–H groups in total. The van der Waals surface area contributed by atoms with Gasteiger partial charge in [0.2, 0.25) is 0 Å². The van der Waals surface area contributed by atoms with Gasteiger partial charge in [0.1, 0.15) is 5.82 Å². The number of anilines is 1. The molecule has 0 aliphatic rings. The Labute approximate surface area is 206 Å². The summed E-state index contributed by atoms with van der Waals surface area (Å²) in [7, 11) is -2.27. The molecule has 0 unspecified atom stereocenters. The molecule has 10 heteroatoms. The van der Waals surface area contributed by atoms with Crippen LogP contribution in [-0.2, 0) is 21.3 Å². The zero-order valence-electron chi connectivity index (χ0n) is 19.2. The third-order valence-corrected chi connectivity index (χ3v) is 8.35. The smallest absolute Gasteiger partial charge is 0.279 e. The van der Waals surface area contributed by atoms with Gasteiger partial charge in [0.15, 0.2) is 4.80 Å². The first-order chi connectivity index (χ1) is 16.9. The molecule has 182 valence electrons. The van der Waals surface area contributed by atoms with Crippen LogP contribution in [0.4, 0.5) is 10.1 Å². The molecule has 0 atom stereocenters. The first kappa shape index (κ1) is 24.8. The highest BCUT2D eigenvalue weighted by Crippen LogP contribution is 2.24. The molecule has 7 nitrogen and oxygen atoms in total. The van der Waals surface area contributed by atoms with Gasteiger partial charge >= 0.3 is 0 Å². The predicted molar refractivity (Wildman–Crippen MR) is 135 cm³/mol. The van der Waals surface area contributed by atoms with E-state index in [0.717, 1.165) is 0 Å². The van der Waals surface area contributed by atoms with E-state index in [4.69, 9.17) is 4.74 Å². The van der Waals surface area contributed by atoms with Gasteiger partial charge in [-0.2, -0.15) is 4.99 Å². The number of carbonyl (C=O) groups is 1. The Hall–Kier alpha value is -3.34. The molecule has 1 amide bonds. The molecule has 4 aromatic rings. The van der Waals surface area contributed by atoms with Crippen molar-refractivity contribution in [3.8, 4) is 0 Å². The van der Waals surface area contributed by atoms with E-state index in [1.165, 1.54) is 46.0 Å². The maximum Gasteiger partial charge on any atom is 0.279 e. The summed E-state index contributed by atoms with van der Waals surface area (Å²) in [5.74, 6) is -0.959. The molecule has 4 rings (SSSR count). The van der Waals surface area contributed by atoms with Gasteiger partial charge in [0, 0.05) is 25.8 Å². The van der Waals surface area contributed by atoms with Crippen molar-refractivity contribution >= 4 is 43.2 Å². The number of sulfonamides is 1. The van der Waals surface area contributed by atoms with Gasteiger partial charge in [0.05, 0.1) is 27.4 Å². The molecular weight excluding hydrogens is 489 g/mol. The van der Waals surface area contributed by atoms with Gasteiger partial charge in [-0.05, 0) is 55.5 Å². The summed E-state index contributed by atoms with van der Waals surface area (Å²) in [5.41, 5.74) is 1.15. The van der Waals surface area contributed by atoms with Crippen LogP contribution in [0.2, 0.25) is 0 Å². The number of carbonyl (C=O) groups excluding carboxylic acids is 1. The molecule has 35 heavy (non-hydrogen) atoms. The lowest BCUT2D eigenvalue weighted by molar-refractivity contribution is 0.0997. The number of benzene rings is 3. The first-order valence-electron chi connectivity index (χ1n) is 10.9. The first-order valence-corrected chi connectivity index (χ1v) is 13.2. The minimum absolute atomic E-state index is 0.0684. The highest BCUT2D eigenvalue weighted by atomic mass is 32.2. The largest absolute Gasteiger partial charge is 0.383 e. The number of aromatic nitrogens is 1. The second kappa shape index (κ2) is 10.5. The molecule has 0 radical (unpaired) electrons. The summed E-state index contributed by atoms with van der Waals surface area (Å²) >= 11 is 1.20. The summed E-state index contributed by atoms with van der Waals surface area (Å²) in [6.07, 6.45) is 0. The summed E-state index contributed by atoms with van der Waals surface area (Å²) in [5, 5.41) is 0. The Morgan fingerprint density at radius 2 is 1.77 bits per heavy atom. The Morgan fingerprint density at radius 1 is 1.06 bits per heavy atom. The van der Waals surface area contributed by atoms with Crippen molar-refractivity contribution in [2.45, 2.75) is 18.4 Å². The van der Waals surface area contributed by atoms with Gasteiger partial charge in [-0.25, -0.2) is 12.8 Å². The molecule has 0 fully saturated rings. The summed E-state index contributed by atoms with van der Waals surface area (Å²) < 4.78 is 49.6. The van der Waals surface area contributed by atoms with Crippen LogP contribution >= 0.6 is 11.3 Å². The molecule has 0 aliphatic heterocycles. The minimum atomic E-state index is -3.81. The number of para-hydroxylation sites is 2. The molecule has 1 aromatic heterocycles. The lowest BCUT2D eigenvalue weighted by Crippen LogP contribution is -2.30. The molecule has 0 spiro atoms. The minimum Gasteiger partial charge on any atom is -0.383 e. The average Bonchev–Trinajstić information content (AvgIpc) is 3.21. The fourth-order valence-corrected chi connectivity index (χ4v) is 6.24. The number of hydrogen-bond acceptors (Lipinski definition) is 5. The SMILES string of the molecule is CCN(c1ccccc1)S(=O)(=O)c1ccc(C(=O)N=c2sc3cccc(F)c3n2CCOC)cc1. The van der Waals surface area contributed by atoms with Crippen molar-refractivity contribution in [1.29, 1.82) is 0 Å². The summed E-state index contributed by atoms with van der Waals surface area (Å²) in [6.45, 7) is 2.66. The Bertz CT molecular complexity index is 1510. The number of methoxy groups -OCH3 is 1. The molecule has 0 saturated heterocycles. The van der Waals surface area contributed by atoms with Crippen LogP contribution in [0.15, 0.2) is 82.7 Å². The second-order valence-electron chi connectivity index (χ2n) is 7.56. The fraction of sp³-hybridized carbons (Fsp3) is 0.200. The standard InChI is InChI=1S/C25H24FN3O4S2/c1-3-29(19-8-5-4-6-9-19)35(31,32)20-14-12-18(13-15-20)24(30)27-25-28(16-17-33-2)23-21(26)10-7-11-22(23)34-25/h4-15H,3,16-17H2,1-2H3. The zero-order valence-corrected chi connectivity index (χ0v) is 20.9. The van der Waals surface area contributed by atoms with Crippen molar-refractivity contribution in [2.75, 3.05) is 24.6 Å². The van der Waals surface area contributed by atoms with Gasteiger partial charge < -0.3 is 9.30 Å². The third-order valence-electron chi connectivity index (χ3n) is 5.39. The molecule has 3 aromatic carbocycles. The van der Waals surface area contributed by atoms with Gasteiger partial charge in [-0.3, -0.25) is 9.10 Å². The number of thiazole rings is 1. The molecule has 0 aliphatic carbocycles. The number of rotatable bonds is 8. The van der Waals surface area contributed by atoms with E-state index in [-0.39, 0.29) is 17.0 Å². The normalized spacial score (nSPS) is 12.3. The number of fused-ring (bicyclic) bond motifs is 1. The second-order valence-corrected chi connectivity index (χ2v) is 10.4. The Balaban J connectivity index is 1.67. The van der Waals surface area contributed by atoms with E-state index in [1.54, 1.807) is 55.0 Å². The lowest BCUT2D eigenvalue weighted by atomic mass is 10.2. The molecule has 1 heterocycles. The maximum absolute atomic E-state index is 14.5. The highest BCUT2D eigenvalue weighted by molar-refractivity contribution is 7.92. The summed E-state index contributed by atoms with van der Waals surface area (Å²) in [4.78, 5) is 17.5. The van der Waals surface area contributed by atoms with E-state index in [2.05, 4.69) is 4.99 Å². The van der Waals surface area contributed by atoms with E-state index in [9.17, 15) is 17.6 Å². The van der Waals surface area contributed by atoms with Crippen LogP contribution in [0.5, 0.6) is 0 Å². The van der Waals surface area contributed by atoms with E-state index < -0.39 is 21.7 Å². The van der Waals surface area contributed by atoms with Crippen molar-refractivity contribution in [2.24, 2.45) is 4.99 Å². The molecular formula is C25H24FN3O4S2. The number of halogens is 1. The molecule has 0 saturated carbocycles. The number of amides is 1. The van der Waals surface area contributed by atoms with Crippen molar-refractivity contribution < 1.29 is 22.3 Å². The third kappa shape index (κ3) is 5.04. The molecule has 0 bridgehead atoms. The van der Waals surface area contributed by atoms with E-state index in [1.807, 2.05) is 6.07 Å². The van der Waals surface area contributed by atoms with Gasteiger partial charge in [0.25, 0.3) is 15.9 Å². The maximum atomic E-state index is 14.5. The van der Waals surface area contributed by atoms with Crippen LogP contribution in [0.1, 0.15) is 17.3 Å². The highest BCUT2D eigenvalue weighted by Gasteiger charge is 2.23. The summed E-state index contributed by atoms with van der Waals surface area (Å²) in [6, 6.07) is 19.2. The predicted octanol–water partition coefficient (Wildman–Crippen LogP) is 4.44. The van der Waals surface area contributed by atoms with Crippen molar-refractivity contribution in [3.63, 3.8) is 0 Å². The topological polar surface area (TPSA) is 81.0 Å². The van der Waals surface area contributed by atoms with Crippen LogP contribution < -0.4 is 9.11 Å². The van der Waals surface area contributed by atoms with Gasteiger partial charge in [-0.1, -0.05) is 35.6 Å². The Kier molecular flexibility index (Phi) is 7.44. The van der Waals surface area contributed by atoms with Crippen molar-refractivity contribution in [3.05, 3.63) is 89.0 Å². The van der Waals surface area contributed by atoms with Gasteiger partial charge in [-0.15, -0.1) is 0 Å². The van der Waals surface area contributed by atoms with Crippen LogP contribution in [0, 0.1) is 5.82 Å². The average molecular weight is 514 g/mol. The number of nitrogens with zero attached hydrogens (tertiary/aromatic N) is 3. The lowest BCUT2D eigenvalue weighted by Gasteiger charge is -2.22. The fourth-order valence-electron chi connectivity index (χ4n) is 3.70. The number of hydrogen-bond donors (Lipinski definition) is 0. The zero-order chi connectivity index (χ0) is 25.0. The number of ether oxygens (including phenoxy) is 1. The van der Waals surface area contributed by atoms with E-state index in [0.29, 0.717) is 33.9 Å². The monoisotopic (exact) mass is 513 g/mol. The van der Waals surface area contributed by atoms with Crippen LogP contribution in [-0.4, -0.2) is 39.2 Å². The van der Waals surface area contributed by atoms with Crippen molar-refractivity contribution in [1.82, 2.24) is 4.57 Å². The quantitative estimate of drug-likeness (QED) is 0.349. The van der Waals surface area contributed by atoms with Crippen LogP contribution in [0.25, 0.3) is 10.2 Å². The van der Waals surface area contributed by atoms with E-state index >= 15 is 0 Å².